The number of hydrogen-bond acceptors (Lipinski definition) is 4. The molecule has 0 amide bonds. The number of aliphatic imine (C=N–C) groups is 2. The minimum absolute atomic E-state index is 0.137. The van der Waals surface area contributed by atoms with E-state index in [0.717, 1.165) is 48.5 Å². The van der Waals surface area contributed by atoms with Crippen LogP contribution in [0.1, 0.15) is 61.7 Å². The van der Waals surface area contributed by atoms with E-state index in [1.54, 1.807) is 0 Å². The van der Waals surface area contributed by atoms with Crippen LogP contribution < -0.4 is 0 Å². The normalized spacial score (nSPS) is 18.9. The number of hydrogen-bond donors (Lipinski definition) is 0. The Bertz CT molecular complexity index is 2730. The molecule has 2 aromatic carbocycles. The smallest absolute Gasteiger partial charge is 0.460 e. The van der Waals surface area contributed by atoms with E-state index in [-0.39, 0.29) is 11.1 Å². The van der Waals surface area contributed by atoms with Crippen molar-refractivity contribution in [2.24, 2.45) is 15.4 Å². The highest BCUT2D eigenvalue weighted by molar-refractivity contribution is 6.06. The molecule has 91 heavy (non-hydrogen) atoms. The van der Waals surface area contributed by atoms with Gasteiger partial charge in [-0.15, -0.1) is 0 Å². The minimum Gasteiger partial charge on any atom is -0.478 e. The van der Waals surface area contributed by atoms with Crippen molar-refractivity contribution >= 4 is 11.8 Å². The number of benzene rings is 2. The first-order chi connectivity index (χ1) is 40.1. The molecule has 4 nitrogen and oxygen atoms in total. The van der Waals surface area contributed by atoms with Crippen LogP contribution in [0.5, 0.6) is 0 Å². The van der Waals surface area contributed by atoms with Gasteiger partial charge in [0.2, 0.25) is 0 Å². The summed E-state index contributed by atoms with van der Waals surface area (Å²) in [6.45, 7) is -2.09. The van der Waals surface area contributed by atoms with E-state index in [2.05, 4.69) is 9.98 Å². The van der Waals surface area contributed by atoms with E-state index in [9.17, 15) is 149 Å². The van der Waals surface area contributed by atoms with E-state index in [4.69, 9.17) is 9.47 Å². The summed E-state index contributed by atoms with van der Waals surface area (Å²) >= 11 is 0. The zero-order valence-electron chi connectivity index (χ0n) is 42.7. The Morgan fingerprint density at radius 2 is 0.462 bits per heavy atom. The molecule has 0 saturated carbocycles. The first-order valence-corrected chi connectivity index (χ1v) is 23.5. The Morgan fingerprint density at radius 1 is 0.264 bits per heavy atom. The van der Waals surface area contributed by atoms with E-state index in [1.165, 1.54) is 12.1 Å². The first kappa shape index (κ1) is 77.9. The molecule has 0 aliphatic carbocycles. The van der Waals surface area contributed by atoms with E-state index in [1.807, 2.05) is 0 Å². The monoisotopic (exact) mass is 1430 g/mol. The molecule has 0 bridgehead atoms. The van der Waals surface area contributed by atoms with Gasteiger partial charge in [0.05, 0.1) is 0 Å². The van der Waals surface area contributed by atoms with Crippen LogP contribution in [0.3, 0.4) is 0 Å². The predicted octanol–water partition coefficient (Wildman–Crippen LogP) is 19.2. The zero-order valence-corrected chi connectivity index (χ0v) is 42.7. The molecular formula is C45H28F42N2O2. The summed E-state index contributed by atoms with van der Waals surface area (Å²) < 4.78 is 606. The summed E-state index contributed by atoms with van der Waals surface area (Å²) in [6.07, 6.45) is -33.1. The molecule has 2 heterocycles. The molecule has 46 heteroatoms. The van der Waals surface area contributed by atoms with Crippen LogP contribution in [-0.2, 0) is 9.47 Å². The maximum atomic E-state index is 15.5. The second-order valence-electron chi connectivity index (χ2n) is 19.7. The van der Waals surface area contributed by atoms with Crippen molar-refractivity contribution in [3.63, 3.8) is 0 Å². The van der Waals surface area contributed by atoms with Crippen LogP contribution in [0, 0.1) is 5.41 Å². The summed E-state index contributed by atoms with van der Waals surface area (Å²) in [4.78, 5) is 7.68. The molecule has 2 aromatic rings. The standard InChI is InChI=1S/C45H28F42N2O2/c46-26(47,28(50,51)30(54,55)32(58,59)34(62,63)36(66,67)38(70,71)40(74,75)42(78,79)44(82,83)84)15-7-13-25(23-88-21(17-90-23)19-9-3-1-4-10-19,24-89-22(18-91-24)20-11-5-2-6-12-20)14-8-16-27(48,49)29(52,53)31(56,57)33(60,61)35(64,65)37(68,69)39(72,73)41(76,77)43(80,81)45(85,86)87/h1-6,9-12,21-22H,7-8,13-18H2/t21-,22-/m1/s1. The van der Waals surface area contributed by atoms with Crippen LogP contribution in [-0.4, -0.2) is 144 Å². The van der Waals surface area contributed by atoms with Gasteiger partial charge in [-0.25, -0.2) is 9.98 Å². The van der Waals surface area contributed by atoms with Gasteiger partial charge in [0.1, 0.15) is 30.7 Å². The quantitative estimate of drug-likeness (QED) is 0.0797. The van der Waals surface area contributed by atoms with E-state index < -0.39 is 200 Å². The van der Waals surface area contributed by atoms with Gasteiger partial charge in [-0.3, -0.25) is 0 Å². The molecule has 0 aromatic heterocycles. The number of halogens is 42. The van der Waals surface area contributed by atoms with Crippen LogP contribution >= 0.6 is 0 Å². The van der Waals surface area contributed by atoms with Crippen molar-refractivity contribution in [3.05, 3.63) is 71.8 Å². The summed E-state index contributed by atoms with van der Waals surface area (Å²) in [5.41, 5.74) is -3.79. The van der Waals surface area contributed by atoms with Gasteiger partial charge >= 0.3 is 119 Å². The highest BCUT2D eigenvalue weighted by atomic mass is 19.5. The fraction of sp³-hybridized carbons (Fsp3) is 0.689. The van der Waals surface area contributed by atoms with Gasteiger partial charge < -0.3 is 9.47 Å². The van der Waals surface area contributed by atoms with Crippen molar-refractivity contribution in [2.75, 3.05) is 13.2 Å². The minimum atomic E-state index is -9.63. The van der Waals surface area contributed by atoms with Crippen molar-refractivity contribution < 1.29 is 194 Å². The molecule has 0 unspecified atom stereocenters. The molecule has 0 saturated heterocycles. The van der Waals surface area contributed by atoms with Crippen LogP contribution in [0.2, 0.25) is 0 Å². The molecule has 0 fully saturated rings. The molecule has 0 spiro atoms. The molecular weight excluding hydrogens is 1400 g/mol. The van der Waals surface area contributed by atoms with E-state index >= 15 is 35.1 Å². The summed E-state index contributed by atoms with van der Waals surface area (Å²) in [5.74, 6) is -166. The topological polar surface area (TPSA) is 43.2 Å². The SMILES string of the molecule is FC(F)(F)C(F)(F)C(F)(F)C(F)(F)C(F)(F)C(F)(F)C(F)(F)C(F)(F)C(F)(F)C(F)(F)CCCC(CCCC(F)(F)C(F)(F)C(F)(F)C(F)(F)C(F)(F)C(F)(F)C(F)(F)C(F)(F)C(F)(F)C(F)(F)F)(C1=N[C@@H](c2ccccc2)CO1)C1=N[C@@H](c2ccccc2)CO1. The zero-order chi connectivity index (χ0) is 71.5. The summed E-state index contributed by atoms with van der Waals surface area (Å²) in [7, 11) is 0. The van der Waals surface area contributed by atoms with Crippen LogP contribution in [0.15, 0.2) is 70.6 Å². The molecule has 2 aliphatic heterocycles. The maximum absolute atomic E-state index is 15.5. The average Bonchev–Trinajstić information content (AvgIpc) is 0.967. The maximum Gasteiger partial charge on any atom is 0.460 e. The van der Waals surface area contributed by atoms with Crippen LogP contribution in [0.25, 0.3) is 0 Å². The largest absolute Gasteiger partial charge is 0.478 e. The fourth-order valence-electron chi connectivity index (χ4n) is 8.33. The van der Waals surface area contributed by atoms with Gasteiger partial charge in [-0.2, -0.15) is 184 Å². The predicted molar refractivity (Wildman–Crippen MR) is 216 cm³/mol. The molecule has 0 radical (unpaired) electrons. The van der Waals surface area contributed by atoms with E-state index in [0.29, 0.717) is 0 Å². The lowest BCUT2D eigenvalue weighted by Crippen LogP contribution is -2.76. The lowest BCUT2D eigenvalue weighted by Gasteiger charge is -2.44. The second kappa shape index (κ2) is 22.8. The Kier molecular flexibility index (Phi) is 19.5. The number of alkyl halides is 42. The first-order valence-electron chi connectivity index (χ1n) is 23.5. The molecule has 2 atom stereocenters. The second-order valence-corrected chi connectivity index (χ2v) is 19.7. The molecule has 524 valence electrons. The third kappa shape index (κ3) is 11.2. The Labute approximate surface area is 475 Å². The molecule has 2 aliphatic rings. The van der Waals surface area contributed by atoms with Gasteiger partial charge in [-0.1, -0.05) is 60.7 Å². The van der Waals surface area contributed by atoms with Crippen molar-refractivity contribution in [2.45, 2.75) is 170 Å². The molecule has 4 rings (SSSR count). The molecule has 0 N–H and O–H groups in total. The van der Waals surface area contributed by atoms with Gasteiger partial charge in [0.15, 0.2) is 11.8 Å². The highest BCUT2D eigenvalue weighted by Crippen LogP contribution is 2.69. The van der Waals surface area contributed by atoms with Crippen molar-refractivity contribution in [1.29, 1.82) is 0 Å². The lowest BCUT2D eigenvalue weighted by atomic mass is 9.76. The number of nitrogens with zero attached hydrogens (tertiary/aromatic N) is 2. The highest BCUT2D eigenvalue weighted by Gasteiger charge is 3.00. The number of ether oxygens (including phenoxy) is 2. The number of rotatable bonds is 28. The Balaban J connectivity index is 1.88. The van der Waals surface area contributed by atoms with Gasteiger partial charge in [0, 0.05) is 12.8 Å². The van der Waals surface area contributed by atoms with Crippen molar-refractivity contribution in [3.8, 4) is 0 Å². The third-order valence-corrected chi connectivity index (χ3v) is 13.8. The Hall–Kier alpha value is -5.56. The fourth-order valence-corrected chi connectivity index (χ4v) is 8.33. The van der Waals surface area contributed by atoms with Gasteiger partial charge in [0.25, 0.3) is 0 Å². The average molecular weight is 1430 g/mol. The van der Waals surface area contributed by atoms with Crippen LogP contribution in [0.4, 0.5) is 184 Å². The third-order valence-electron chi connectivity index (χ3n) is 13.8. The Morgan fingerprint density at radius 3 is 0.670 bits per heavy atom. The summed E-state index contributed by atoms with van der Waals surface area (Å²) in [5, 5.41) is 0. The lowest BCUT2D eigenvalue weighted by molar-refractivity contribution is -0.474. The van der Waals surface area contributed by atoms with Crippen molar-refractivity contribution in [1.82, 2.24) is 0 Å². The summed E-state index contributed by atoms with van der Waals surface area (Å²) in [6, 6.07) is 8.00. The van der Waals surface area contributed by atoms with Gasteiger partial charge in [-0.05, 0) is 36.8 Å².